The van der Waals surface area contributed by atoms with Crippen LogP contribution in [0.15, 0.2) is 16.6 Å². The van der Waals surface area contributed by atoms with E-state index in [9.17, 15) is 4.79 Å². The summed E-state index contributed by atoms with van der Waals surface area (Å²) in [5, 5.41) is 2.21. The lowest BCUT2D eigenvalue weighted by Crippen LogP contribution is -2.20. The van der Waals surface area contributed by atoms with Crippen molar-refractivity contribution in [1.82, 2.24) is 0 Å². The quantitative estimate of drug-likeness (QED) is 0.304. The summed E-state index contributed by atoms with van der Waals surface area (Å²) < 4.78 is 4.84. The highest BCUT2D eigenvalue weighted by Gasteiger charge is 2.16. The molecule has 0 aromatic heterocycles. The second-order valence-corrected chi connectivity index (χ2v) is 3.19. The molecule has 0 saturated heterocycles. The number of ether oxygens (including phenoxy) is 1. The van der Waals surface area contributed by atoms with E-state index in [0.29, 0.717) is 13.0 Å². The number of thiocarbonyl (C=S) groups is 1. The van der Waals surface area contributed by atoms with Crippen molar-refractivity contribution < 1.29 is 9.53 Å². The molecule has 0 N–H and O–H groups in total. The Balaban J connectivity index is 4.36. The van der Waals surface area contributed by atoms with E-state index in [-0.39, 0.29) is 5.97 Å². The van der Waals surface area contributed by atoms with Crippen LogP contribution >= 0.6 is 12.2 Å². The molecule has 0 aromatic carbocycles. The summed E-state index contributed by atoms with van der Waals surface area (Å²) in [5.41, 5.74) is 1.14. The standard InChI is InChI=1S/C10H15NO2S/c1-4-13-10(12)9(11-7-14)6-5-8(2)3/h5,9H,4,6H2,1-3H3. The zero-order chi connectivity index (χ0) is 11.0. The van der Waals surface area contributed by atoms with Crippen molar-refractivity contribution in [3.8, 4) is 0 Å². The van der Waals surface area contributed by atoms with Gasteiger partial charge in [-0.25, -0.2) is 9.79 Å². The maximum Gasteiger partial charge on any atom is 0.332 e. The molecule has 0 saturated carbocycles. The monoisotopic (exact) mass is 213 g/mol. The number of carbonyl (C=O) groups excluding carboxylic acids is 1. The molecular formula is C10H15NO2S. The lowest BCUT2D eigenvalue weighted by Gasteiger charge is -2.07. The van der Waals surface area contributed by atoms with Gasteiger partial charge in [0.2, 0.25) is 0 Å². The molecule has 0 heterocycles. The van der Waals surface area contributed by atoms with E-state index in [1.807, 2.05) is 19.9 Å². The fraction of sp³-hybridized carbons (Fsp3) is 0.600. The highest BCUT2D eigenvalue weighted by atomic mass is 32.1. The van der Waals surface area contributed by atoms with Gasteiger partial charge in [0.1, 0.15) is 0 Å². The van der Waals surface area contributed by atoms with E-state index in [1.54, 1.807) is 6.92 Å². The number of hydrogen-bond donors (Lipinski definition) is 0. The van der Waals surface area contributed by atoms with Gasteiger partial charge in [-0.2, -0.15) is 0 Å². The lowest BCUT2D eigenvalue weighted by molar-refractivity contribution is -0.144. The molecule has 3 nitrogen and oxygen atoms in total. The molecule has 14 heavy (non-hydrogen) atoms. The SMILES string of the molecule is CCOC(=O)C(CC=C(C)C)N=C=S. The van der Waals surface area contributed by atoms with Crippen LogP contribution in [0.3, 0.4) is 0 Å². The minimum Gasteiger partial charge on any atom is -0.464 e. The highest BCUT2D eigenvalue weighted by molar-refractivity contribution is 7.78. The third kappa shape index (κ3) is 5.62. The molecule has 0 aliphatic rings. The van der Waals surface area contributed by atoms with Crippen LogP contribution in [0.5, 0.6) is 0 Å². The topological polar surface area (TPSA) is 38.7 Å². The van der Waals surface area contributed by atoms with Gasteiger partial charge in [0.05, 0.1) is 11.8 Å². The summed E-state index contributed by atoms with van der Waals surface area (Å²) in [6, 6.07) is -0.539. The van der Waals surface area contributed by atoms with Crippen LogP contribution in [0.1, 0.15) is 27.2 Å². The van der Waals surface area contributed by atoms with Crippen LogP contribution in [0, 0.1) is 0 Å². The first-order chi connectivity index (χ1) is 6.61. The number of esters is 1. The molecule has 0 fully saturated rings. The van der Waals surface area contributed by atoms with Crippen LogP contribution in [0.2, 0.25) is 0 Å². The fourth-order valence-electron chi connectivity index (χ4n) is 0.851. The van der Waals surface area contributed by atoms with Crippen molar-refractivity contribution in [2.45, 2.75) is 33.2 Å². The highest BCUT2D eigenvalue weighted by Crippen LogP contribution is 2.04. The number of allylic oxidation sites excluding steroid dienone is 1. The second kappa shape index (κ2) is 7.42. The fourth-order valence-corrected chi connectivity index (χ4v) is 0.978. The smallest absolute Gasteiger partial charge is 0.332 e. The Kier molecular flexibility index (Phi) is 6.89. The molecular weight excluding hydrogens is 198 g/mol. The van der Waals surface area contributed by atoms with Crippen LogP contribution in [0.25, 0.3) is 0 Å². The van der Waals surface area contributed by atoms with E-state index in [2.05, 4.69) is 22.4 Å². The van der Waals surface area contributed by atoms with Gasteiger partial charge >= 0.3 is 5.97 Å². The van der Waals surface area contributed by atoms with Gasteiger partial charge < -0.3 is 4.74 Å². The number of nitrogens with zero attached hydrogens (tertiary/aromatic N) is 1. The molecule has 1 unspecified atom stereocenters. The predicted molar refractivity (Wildman–Crippen MR) is 59.5 cm³/mol. The number of rotatable bonds is 5. The lowest BCUT2D eigenvalue weighted by atomic mass is 10.1. The maximum atomic E-state index is 11.3. The van der Waals surface area contributed by atoms with Crippen LogP contribution in [-0.4, -0.2) is 23.8 Å². The van der Waals surface area contributed by atoms with Crippen molar-refractivity contribution in [3.63, 3.8) is 0 Å². The van der Waals surface area contributed by atoms with Crippen molar-refractivity contribution in [1.29, 1.82) is 0 Å². The van der Waals surface area contributed by atoms with Gasteiger partial charge in [0, 0.05) is 0 Å². The van der Waals surface area contributed by atoms with Crippen molar-refractivity contribution in [2.75, 3.05) is 6.61 Å². The van der Waals surface area contributed by atoms with Gasteiger partial charge in [-0.05, 0) is 39.4 Å². The summed E-state index contributed by atoms with van der Waals surface area (Å²) in [6.45, 7) is 6.04. The Hall–Kier alpha value is -0.990. The number of hydrogen-bond acceptors (Lipinski definition) is 4. The Morgan fingerprint density at radius 2 is 2.29 bits per heavy atom. The first-order valence-corrected chi connectivity index (χ1v) is 4.89. The minimum atomic E-state index is -0.539. The number of aliphatic imine (C=N–C) groups is 1. The van der Waals surface area contributed by atoms with Gasteiger partial charge in [0.25, 0.3) is 0 Å². The Morgan fingerprint density at radius 1 is 1.64 bits per heavy atom. The first kappa shape index (κ1) is 13.0. The molecule has 0 aromatic rings. The third-order valence-electron chi connectivity index (χ3n) is 1.52. The molecule has 0 spiro atoms. The molecule has 0 bridgehead atoms. The zero-order valence-electron chi connectivity index (χ0n) is 8.74. The molecule has 0 aliphatic carbocycles. The van der Waals surface area contributed by atoms with E-state index >= 15 is 0 Å². The van der Waals surface area contributed by atoms with E-state index in [0.717, 1.165) is 5.57 Å². The van der Waals surface area contributed by atoms with Gasteiger partial charge in [-0.1, -0.05) is 11.6 Å². The largest absolute Gasteiger partial charge is 0.464 e. The van der Waals surface area contributed by atoms with Crippen molar-refractivity contribution in [3.05, 3.63) is 11.6 Å². The third-order valence-corrected chi connectivity index (χ3v) is 1.62. The Labute approximate surface area is 89.9 Å². The van der Waals surface area contributed by atoms with Crippen molar-refractivity contribution in [2.24, 2.45) is 4.99 Å². The van der Waals surface area contributed by atoms with E-state index < -0.39 is 6.04 Å². The van der Waals surface area contributed by atoms with Crippen LogP contribution in [-0.2, 0) is 9.53 Å². The van der Waals surface area contributed by atoms with Gasteiger partial charge in [-0.15, -0.1) is 0 Å². The summed E-state index contributed by atoms with van der Waals surface area (Å²) >= 11 is 4.47. The average Bonchev–Trinajstić information content (AvgIpc) is 2.12. The van der Waals surface area contributed by atoms with Crippen molar-refractivity contribution >= 4 is 23.3 Å². The Morgan fingerprint density at radius 3 is 2.71 bits per heavy atom. The first-order valence-electron chi connectivity index (χ1n) is 4.48. The van der Waals surface area contributed by atoms with Gasteiger partial charge in [0.15, 0.2) is 6.04 Å². The van der Waals surface area contributed by atoms with Crippen LogP contribution in [0.4, 0.5) is 0 Å². The minimum absolute atomic E-state index is 0.345. The number of isothiocyanates is 1. The molecule has 0 aliphatic heterocycles. The summed E-state index contributed by atoms with van der Waals surface area (Å²) in [4.78, 5) is 15.1. The zero-order valence-corrected chi connectivity index (χ0v) is 9.56. The summed E-state index contributed by atoms with van der Waals surface area (Å²) in [5.74, 6) is -0.345. The molecule has 0 rings (SSSR count). The second-order valence-electron chi connectivity index (χ2n) is 3.01. The summed E-state index contributed by atoms with van der Waals surface area (Å²) in [6.07, 6.45) is 2.45. The van der Waals surface area contributed by atoms with Crippen LogP contribution < -0.4 is 0 Å². The predicted octanol–water partition coefficient (Wildman–Crippen LogP) is 2.38. The molecule has 0 radical (unpaired) electrons. The average molecular weight is 213 g/mol. The molecule has 78 valence electrons. The van der Waals surface area contributed by atoms with E-state index in [4.69, 9.17) is 4.74 Å². The molecule has 0 amide bonds. The summed E-state index contributed by atoms with van der Waals surface area (Å²) in [7, 11) is 0. The maximum absolute atomic E-state index is 11.3. The van der Waals surface area contributed by atoms with Gasteiger partial charge in [-0.3, -0.25) is 0 Å². The molecule has 1 atom stereocenters. The Bertz CT molecular complexity index is 263. The molecule has 4 heteroatoms. The normalized spacial score (nSPS) is 11.1. The number of carbonyl (C=O) groups is 1. The van der Waals surface area contributed by atoms with E-state index in [1.165, 1.54) is 0 Å².